The standard InChI is InChI=1S/C16H22ClNO2/c17-13-7-5-12(6-8-13)15(19)11-18-9-10-20-16-4-2-1-3-14(16)18/h5-8,14-16,19H,1-4,9-11H2. The molecule has 1 aromatic rings. The fraction of sp³-hybridized carbons (Fsp3) is 0.625. The zero-order valence-corrected chi connectivity index (χ0v) is 12.4. The van der Waals surface area contributed by atoms with E-state index in [0.717, 1.165) is 25.1 Å². The SMILES string of the molecule is OC(CN1CCOC2CCCCC21)c1ccc(Cl)cc1. The molecule has 1 aromatic carbocycles. The smallest absolute Gasteiger partial charge is 0.0917 e. The maximum absolute atomic E-state index is 10.4. The third kappa shape index (κ3) is 3.17. The molecular weight excluding hydrogens is 274 g/mol. The van der Waals surface area contributed by atoms with Crippen molar-refractivity contribution in [2.45, 2.75) is 43.9 Å². The van der Waals surface area contributed by atoms with Gasteiger partial charge in [-0.25, -0.2) is 0 Å². The molecule has 0 bridgehead atoms. The Morgan fingerprint density at radius 1 is 1.25 bits per heavy atom. The van der Waals surface area contributed by atoms with Gasteiger partial charge in [0.25, 0.3) is 0 Å². The van der Waals surface area contributed by atoms with E-state index in [4.69, 9.17) is 16.3 Å². The summed E-state index contributed by atoms with van der Waals surface area (Å²) in [6.45, 7) is 2.40. The number of β-amino-alcohol motifs (C(OH)–C–C–N with tert-alkyl or cyclic N) is 1. The van der Waals surface area contributed by atoms with Gasteiger partial charge in [0.15, 0.2) is 0 Å². The van der Waals surface area contributed by atoms with Gasteiger partial charge in [-0.15, -0.1) is 0 Å². The molecule has 1 heterocycles. The molecule has 2 aliphatic rings. The Kier molecular flexibility index (Phi) is 4.61. The summed E-state index contributed by atoms with van der Waals surface area (Å²) in [6, 6.07) is 7.97. The summed E-state index contributed by atoms with van der Waals surface area (Å²) in [5.41, 5.74) is 0.938. The van der Waals surface area contributed by atoms with E-state index in [1.807, 2.05) is 24.3 Å². The molecule has 1 saturated carbocycles. The molecule has 1 saturated heterocycles. The molecule has 3 rings (SSSR count). The summed E-state index contributed by atoms with van der Waals surface area (Å²) in [5, 5.41) is 11.1. The Balaban J connectivity index is 1.65. The van der Waals surface area contributed by atoms with Crippen LogP contribution in [0.4, 0.5) is 0 Å². The van der Waals surface area contributed by atoms with Crippen molar-refractivity contribution >= 4 is 11.6 Å². The average molecular weight is 296 g/mol. The lowest BCUT2D eigenvalue weighted by atomic mass is 9.89. The maximum Gasteiger partial charge on any atom is 0.0917 e. The zero-order chi connectivity index (χ0) is 13.9. The quantitative estimate of drug-likeness (QED) is 0.930. The summed E-state index contributed by atoms with van der Waals surface area (Å²) < 4.78 is 5.87. The first-order chi connectivity index (χ1) is 9.74. The van der Waals surface area contributed by atoms with E-state index < -0.39 is 6.10 Å². The molecule has 3 unspecified atom stereocenters. The number of hydrogen-bond donors (Lipinski definition) is 1. The van der Waals surface area contributed by atoms with Gasteiger partial charge in [-0.1, -0.05) is 36.6 Å². The third-order valence-electron chi connectivity index (χ3n) is 4.51. The molecule has 0 radical (unpaired) electrons. The van der Waals surface area contributed by atoms with Crippen LogP contribution in [0.3, 0.4) is 0 Å². The van der Waals surface area contributed by atoms with Gasteiger partial charge in [0.1, 0.15) is 0 Å². The Bertz CT molecular complexity index is 435. The van der Waals surface area contributed by atoms with Crippen LogP contribution < -0.4 is 0 Å². The average Bonchev–Trinajstić information content (AvgIpc) is 2.48. The summed E-state index contributed by atoms with van der Waals surface area (Å²) in [5.74, 6) is 0. The van der Waals surface area contributed by atoms with Gasteiger partial charge in [0.05, 0.1) is 18.8 Å². The van der Waals surface area contributed by atoms with Crippen molar-refractivity contribution in [3.63, 3.8) is 0 Å². The van der Waals surface area contributed by atoms with Gasteiger partial charge in [-0.05, 0) is 30.5 Å². The highest BCUT2D eigenvalue weighted by molar-refractivity contribution is 6.30. The van der Waals surface area contributed by atoms with E-state index in [1.165, 1.54) is 19.3 Å². The van der Waals surface area contributed by atoms with Crippen LogP contribution in [0.5, 0.6) is 0 Å². The van der Waals surface area contributed by atoms with E-state index in [0.29, 0.717) is 23.7 Å². The van der Waals surface area contributed by atoms with E-state index in [9.17, 15) is 5.11 Å². The second-order valence-corrected chi connectivity index (χ2v) is 6.26. The molecule has 0 amide bonds. The van der Waals surface area contributed by atoms with Crippen LogP contribution in [-0.4, -0.2) is 41.8 Å². The minimum atomic E-state index is -0.451. The van der Waals surface area contributed by atoms with Crippen LogP contribution in [-0.2, 0) is 4.74 Å². The predicted molar refractivity (Wildman–Crippen MR) is 80.0 cm³/mol. The summed E-state index contributed by atoms with van der Waals surface area (Å²) in [4.78, 5) is 2.41. The van der Waals surface area contributed by atoms with E-state index in [1.54, 1.807) is 0 Å². The Hall–Kier alpha value is -0.610. The number of rotatable bonds is 3. The maximum atomic E-state index is 10.4. The highest BCUT2D eigenvalue weighted by atomic mass is 35.5. The monoisotopic (exact) mass is 295 g/mol. The fourth-order valence-corrected chi connectivity index (χ4v) is 3.54. The predicted octanol–water partition coefficient (Wildman–Crippen LogP) is 3.02. The van der Waals surface area contributed by atoms with Gasteiger partial charge < -0.3 is 9.84 Å². The molecule has 0 aromatic heterocycles. The Labute approximate surface area is 125 Å². The van der Waals surface area contributed by atoms with Crippen molar-refractivity contribution in [3.05, 3.63) is 34.9 Å². The lowest BCUT2D eigenvalue weighted by molar-refractivity contribution is -0.0974. The fourth-order valence-electron chi connectivity index (χ4n) is 3.42. The van der Waals surface area contributed by atoms with Gasteiger partial charge in [0, 0.05) is 24.2 Å². The zero-order valence-electron chi connectivity index (χ0n) is 11.7. The van der Waals surface area contributed by atoms with Crippen molar-refractivity contribution < 1.29 is 9.84 Å². The van der Waals surface area contributed by atoms with Crippen molar-refractivity contribution in [1.82, 2.24) is 4.90 Å². The first kappa shape index (κ1) is 14.3. The molecule has 0 spiro atoms. The highest BCUT2D eigenvalue weighted by Crippen LogP contribution is 2.30. The second kappa shape index (κ2) is 6.44. The van der Waals surface area contributed by atoms with Crippen LogP contribution in [0.25, 0.3) is 0 Å². The minimum absolute atomic E-state index is 0.370. The van der Waals surface area contributed by atoms with Crippen molar-refractivity contribution in [2.75, 3.05) is 19.7 Å². The lowest BCUT2D eigenvalue weighted by Gasteiger charge is -2.44. The highest BCUT2D eigenvalue weighted by Gasteiger charge is 2.34. The molecule has 1 N–H and O–H groups in total. The summed E-state index contributed by atoms with van der Waals surface area (Å²) in [7, 11) is 0. The van der Waals surface area contributed by atoms with Gasteiger partial charge in [0.2, 0.25) is 0 Å². The molecule has 2 fully saturated rings. The van der Waals surface area contributed by atoms with E-state index in [2.05, 4.69) is 4.90 Å². The van der Waals surface area contributed by atoms with Crippen LogP contribution in [0, 0.1) is 0 Å². The number of nitrogens with zero attached hydrogens (tertiary/aromatic N) is 1. The minimum Gasteiger partial charge on any atom is -0.387 e. The number of aliphatic hydroxyl groups is 1. The number of morpholine rings is 1. The molecule has 3 atom stereocenters. The van der Waals surface area contributed by atoms with Crippen LogP contribution >= 0.6 is 11.6 Å². The van der Waals surface area contributed by atoms with Gasteiger partial charge >= 0.3 is 0 Å². The first-order valence-electron chi connectivity index (χ1n) is 7.53. The van der Waals surface area contributed by atoms with Gasteiger partial charge in [-0.3, -0.25) is 4.90 Å². The normalized spacial score (nSPS) is 28.9. The summed E-state index contributed by atoms with van der Waals surface area (Å²) in [6.07, 6.45) is 4.83. The molecule has 1 aliphatic heterocycles. The van der Waals surface area contributed by atoms with Crippen LogP contribution in [0.2, 0.25) is 5.02 Å². The molecule has 3 nitrogen and oxygen atoms in total. The molecule has 4 heteroatoms. The van der Waals surface area contributed by atoms with Crippen molar-refractivity contribution in [2.24, 2.45) is 0 Å². The third-order valence-corrected chi connectivity index (χ3v) is 4.76. The van der Waals surface area contributed by atoms with Crippen LogP contribution in [0.1, 0.15) is 37.4 Å². The molecule has 1 aliphatic carbocycles. The first-order valence-corrected chi connectivity index (χ1v) is 7.91. The Morgan fingerprint density at radius 2 is 2.00 bits per heavy atom. The molecule has 110 valence electrons. The van der Waals surface area contributed by atoms with Crippen LogP contribution in [0.15, 0.2) is 24.3 Å². The van der Waals surface area contributed by atoms with Crippen molar-refractivity contribution in [1.29, 1.82) is 0 Å². The van der Waals surface area contributed by atoms with E-state index >= 15 is 0 Å². The number of hydrogen-bond acceptors (Lipinski definition) is 3. The molecule has 20 heavy (non-hydrogen) atoms. The van der Waals surface area contributed by atoms with E-state index in [-0.39, 0.29) is 0 Å². The Morgan fingerprint density at radius 3 is 2.80 bits per heavy atom. The number of fused-ring (bicyclic) bond motifs is 1. The molecular formula is C16H22ClNO2. The number of ether oxygens (including phenoxy) is 1. The summed E-state index contributed by atoms with van der Waals surface area (Å²) >= 11 is 5.89. The lowest BCUT2D eigenvalue weighted by Crippen LogP contribution is -2.53. The van der Waals surface area contributed by atoms with Crippen molar-refractivity contribution in [3.8, 4) is 0 Å². The second-order valence-electron chi connectivity index (χ2n) is 5.82. The number of aliphatic hydroxyl groups excluding tert-OH is 1. The number of benzene rings is 1. The largest absolute Gasteiger partial charge is 0.387 e. The van der Waals surface area contributed by atoms with Gasteiger partial charge in [-0.2, -0.15) is 0 Å². The number of halogens is 1. The topological polar surface area (TPSA) is 32.7 Å².